The van der Waals surface area contributed by atoms with Crippen LogP contribution in [0.4, 0.5) is 0 Å². The fourth-order valence-electron chi connectivity index (χ4n) is 3.29. The number of guanidine groups is 1. The van der Waals surface area contributed by atoms with Crippen molar-refractivity contribution in [2.75, 3.05) is 33.4 Å². The molecular formula is C20H35IN4O3S. The maximum Gasteiger partial charge on any atom is 0.216 e. The Balaban J connectivity index is 0.00000420. The lowest BCUT2D eigenvalue weighted by Crippen LogP contribution is -2.41. The highest BCUT2D eigenvalue weighted by Gasteiger charge is 2.19. The quantitative estimate of drug-likeness (QED) is 0.287. The number of nitrogens with zero attached hydrogens (tertiary/aromatic N) is 2. The average molecular weight is 538 g/mol. The van der Waals surface area contributed by atoms with Crippen molar-refractivity contribution in [3.63, 3.8) is 0 Å². The molecule has 0 spiro atoms. The standard InChI is InChI=1S/C20H34N4O3S.HI/c1-5-21-20(24(4)13-17-10-11-27-14-17)22-12-18-8-6-7-9-19(18)15-28(25,26)23-16(2)3;/h6-9,16-17,23H,5,10-15H2,1-4H3,(H,21,22);1H. The van der Waals surface area contributed by atoms with E-state index in [9.17, 15) is 8.42 Å². The number of aliphatic imine (C=N–C) groups is 1. The van der Waals surface area contributed by atoms with Crippen molar-refractivity contribution in [2.24, 2.45) is 10.9 Å². The van der Waals surface area contributed by atoms with Gasteiger partial charge in [-0.15, -0.1) is 24.0 Å². The van der Waals surface area contributed by atoms with Crippen LogP contribution in [0.2, 0.25) is 0 Å². The fraction of sp³-hybridized carbons (Fsp3) is 0.650. The van der Waals surface area contributed by atoms with E-state index in [1.807, 2.05) is 52.1 Å². The molecule has 166 valence electrons. The van der Waals surface area contributed by atoms with Crippen molar-refractivity contribution in [1.29, 1.82) is 0 Å². The lowest BCUT2D eigenvalue weighted by Gasteiger charge is -2.24. The molecule has 7 nitrogen and oxygen atoms in total. The van der Waals surface area contributed by atoms with Gasteiger partial charge in [-0.05, 0) is 38.3 Å². The van der Waals surface area contributed by atoms with Crippen molar-refractivity contribution in [1.82, 2.24) is 14.9 Å². The highest BCUT2D eigenvalue weighted by Crippen LogP contribution is 2.15. The average Bonchev–Trinajstić information content (AvgIpc) is 3.11. The highest BCUT2D eigenvalue weighted by atomic mass is 127. The van der Waals surface area contributed by atoms with Gasteiger partial charge < -0.3 is 15.0 Å². The Morgan fingerprint density at radius 1 is 1.31 bits per heavy atom. The summed E-state index contributed by atoms with van der Waals surface area (Å²) in [7, 11) is -1.35. The third-order valence-electron chi connectivity index (χ3n) is 4.53. The second-order valence-electron chi connectivity index (χ2n) is 7.58. The van der Waals surface area contributed by atoms with E-state index in [-0.39, 0.29) is 35.8 Å². The van der Waals surface area contributed by atoms with Crippen molar-refractivity contribution in [3.8, 4) is 0 Å². The summed E-state index contributed by atoms with van der Waals surface area (Å²) < 4.78 is 32.8. The summed E-state index contributed by atoms with van der Waals surface area (Å²) in [5.74, 6) is 1.31. The van der Waals surface area contributed by atoms with Gasteiger partial charge in [-0.3, -0.25) is 0 Å². The Kier molecular flexibility index (Phi) is 11.4. The van der Waals surface area contributed by atoms with E-state index in [0.29, 0.717) is 12.5 Å². The molecule has 0 radical (unpaired) electrons. The van der Waals surface area contributed by atoms with Crippen LogP contribution in [0.1, 0.15) is 38.3 Å². The minimum atomic E-state index is -3.38. The summed E-state index contributed by atoms with van der Waals surface area (Å²) in [5.41, 5.74) is 1.70. The molecule has 29 heavy (non-hydrogen) atoms. The van der Waals surface area contributed by atoms with Crippen molar-refractivity contribution in [2.45, 2.75) is 45.5 Å². The van der Waals surface area contributed by atoms with Crippen LogP contribution in [-0.2, 0) is 27.1 Å². The Labute approximate surface area is 192 Å². The largest absolute Gasteiger partial charge is 0.381 e. The Morgan fingerprint density at radius 2 is 2.00 bits per heavy atom. The van der Waals surface area contributed by atoms with Gasteiger partial charge in [0.25, 0.3) is 0 Å². The predicted octanol–water partition coefficient (Wildman–Crippen LogP) is 2.57. The molecule has 1 aromatic carbocycles. The molecule has 1 saturated heterocycles. The first-order valence-corrected chi connectivity index (χ1v) is 11.6. The second-order valence-corrected chi connectivity index (χ2v) is 9.33. The Bertz CT molecular complexity index is 750. The lowest BCUT2D eigenvalue weighted by molar-refractivity contribution is 0.181. The molecule has 1 aromatic rings. The molecule has 0 bridgehead atoms. The summed E-state index contributed by atoms with van der Waals surface area (Å²) in [5, 5.41) is 3.32. The summed E-state index contributed by atoms with van der Waals surface area (Å²) in [6.07, 6.45) is 1.08. The summed E-state index contributed by atoms with van der Waals surface area (Å²) in [6, 6.07) is 7.47. The zero-order chi connectivity index (χ0) is 20.6. The molecule has 1 fully saturated rings. The maximum atomic E-state index is 12.3. The number of hydrogen-bond acceptors (Lipinski definition) is 4. The number of halogens is 1. The van der Waals surface area contributed by atoms with E-state index in [2.05, 4.69) is 14.9 Å². The van der Waals surface area contributed by atoms with Crippen molar-refractivity contribution in [3.05, 3.63) is 35.4 Å². The molecule has 9 heteroatoms. The van der Waals surface area contributed by atoms with E-state index in [1.54, 1.807) is 0 Å². The zero-order valence-electron chi connectivity index (χ0n) is 17.8. The third-order valence-corrected chi connectivity index (χ3v) is 6.05. The van der Waals surface area contributed by atoms with Crippen LogP contribution in [0.15, 0.2) is 29.3 Å². The number of sulfonamides is 1. The van der Waals surface area contributed by atoms with Gasteiger partial charge in [0.1, 0.15) is 0 Å². The molecule has 1 aliphatic heterocycles. The van der Waals surface area contributed by atoms with E-state index < -0.39 is 10.0 Å². The van der Waals surface area contributed by atoms with Crippen LogP contribution in [0.3, 0.4) is 0 Å². The normalized spacial score (nSPS) is 17.3. The molecule has 2 N–H and O–H groups in total. The first kappa shape index (κ1) is 26.1. The topological polar surface area (TPSA) is 83.0 Å². The fourth-order valence-corrected chi connectivity index (χ4v) is 4.78. The van der Waals surface area contributed by atoms with Gasteiger partial charge >= 0.3 is 0 Å². The van der Waals surface area contributed by atoms with Crippen molar-refractivity contribution >= 4 is 40.0 Å². The zero-order valence-corrected chi connectivity index (χ0v) is 21.0. The van der Waals surface area contributed by atoms with Crippen LogP contribution in [0.25, 0.3) is 0 Å². The molecule has 1 aliphatic rings. The molecule has 1 unspecified atom stereocenters. The molecule has 2 rings (SSSR count). The maximum absolute atomic E-state index is 12.3. The van der Waals surface area contributed by atoms with E-state index in [1.165, 1.54) is 0 Å². The predicted molar refractivity (Wildman–Crippen MR) is 129 cm³/mol. The Morgan fingerprint density at radius 3 is 2.59 bits per heavy atom. The highest BCUT2D eigenvalue weighted by molar-refractivity contribution is 14.0. The van der Waals surface area contributed by atoms with Gasteiger partial charge in [-0.1, -0.05) is 24.3 Å². The molecular weight excluding hydrogens is 503 g/mol. The summed E-state index contributed by atoms with van der Waals surface area (Å²) in [6.45, 7) is 9.41. The smallest absolute Gasteiger partial charge is 0.216 e. The first-order valence-electron chi connectivity index (χ1n) is 9.94. The summed E-state index contributed by atoms with van der Waals surface area (Å²) >= 11 is 0. The summed E-state index contributed by atoms with van der Waals surface area (Å²) in [4.78, 5) is 6.88. The van der Waals surface area contributed by atoms with Gasteiger partial charge in [0.05, 0.1) is 18.9 Å². The third kappa shape index (κ3) is 9.18. The molecule has 1 atom stereocenters. The van der Waals surface area contributed by atoms with Gasteiger partial charge in [-0.25, -0.2) is 18.1 Å². The monoisotopic (exact) mass is 538 g/mol. The molecule has 0 amide bonds. The van der Waals surface area contributed by atoms with Crippen LogP contribution in [0.5, 0.6) is 0 Å². The minimum absolute atomic E-state index is 0. The van der Waals surface area contributed by atoms with Gasteiger partial charge in [-0.2, -0.15) is 0 Å². The Hall–Kier alpha value is -0.910. The van der Waals surface area contributed by atoms with E-state index in [4.69, 9.17) is 9.73 Å². The number of benzene rings is 1. The molecule has 1 heterocycles. The number of nitrogens with one attached hydrogen (secondary N) is 2. The van der Waals surface area contributed by atoms with Crippen LogP contribution < -0.4 is 10.0 Å². The van der Waals surface area contributed by atoms with Crippen molar-refractivity contribution < 1.29 is 13.2 Å². The SMILES string of the molecule is CCNC(=NCc1ccccc1CS(=O)(=O)NC(C)C)N(C)CC1CCOC1.I. The van der Waals surface area contributed by atoms with E-state index >= 15 is 0 Å². The molecule has 0 saturated carbocycles. The second kappa shape index (κ2) is 12.7. The molecule has 0 aromatic heterocycles. The van der Waals surface area contributed by atoms with Crippen LogP contribution in [0, 0.1) is 5.92 Å². The van der Waals surface area contributed by atoms with Gasteiger partial charge in [0.15, 0.2) is 5.96 Å². The minimum Gasteiger partial charge on any atom is -0.381 e. The number of rotatable bonds is 9. The molecule has 0 aliphatic carbocycles. The number of hydrogen-bond donors (Lipinski definition) is 2. The van der Waals surface area contributed by atoms with Crippen LogP contribution in [-0.4, -0.2) is 58.7 Å². The van der Waals surface area contributed by atoms with Gasteiger partial charge in [0.2, 0.25) is 10.0 Å². The van der Waals surface area contributed by atoms with Crippen LogP contribution >= 0.6 is 24.0 Å². The lowest BCUT2D eigenvalue weighted by atomic mass is 10.1. The van der Waals surface area contributed by atoms with E-state index in [0.717, 1.165) is 49.8 Å². The number of ether oxygens (including phenoxy) is 1. The van der Waals surface area contributed by atoms with Gasteiger partial charge in [0, 0.05) is 38.7 Å². The first-order chi connectivity index (χ1) is 13.3.